The molecular weight excluding hydrogens is 829 g/mol. The van der Waals surface area contributed by atoms with Crippen LogP contribution in [0.25, 0.3) is 0 Å². The summed E-state index contributed by atoms with van der Waals surface area (Å²) >= 11 is 0. The maximum absolute atomic E-state index is 13.5. The number of ether oxygens (including phenoxy) is 8. The Morgan fingerprint density at radius 1 is 0.953 bits per heavy atom. The first-order chi connectivity index (χ1) is 30.1. The number of nitrogens with zero attached hydrogens (tertiary/aromatic N) is 2. The Balaban J connectivity index is 1.69. The minimum absolute atomic E-state index is 0.0215. The molecule has 2 fully saturated rings. The van der Waals surface area contributed by atoms with Gasteiger partial charge in [0.15, 0.2) is 18.7 Å². The molecule has 1 aromatic rings. The van der Waals surface area contributed by atoms with Crippen LogP contribution in [0, 0.1) is 17.8 Å². The van der Waals surface area contributed by atoms with E-state index in [4.69, 9.17) is 37.9 Å². The van der Waals surface area contributed by atoms with Crippen LogP contribution in [0.1, 0.15) is 99.5 Å². The number of hydrogen-bond acceptors (Lipinski definition) is 16. The molecule has 16 nitrogen and oxygen atoms in total. The third-order valence-electron chi connectivity index (χ3n) is 12.5. The van der Waals surface area contributed by atoms with Crippen molar-refractivity contribution in [3.05, 3.63) is 48.0 Å². The van der Waals surface area contributed by atoms with Crippen molar-refractivity contribution >= 4 is 17.9 Å². The van der Waals surface area contributed by atoms with Gasteiger partial charge in [-0.05, 0) is 91.5 Å². The number of hydrogen-bond donors (Lipinski definition) is 3. The van der Waals surface area contributed by atoms with Gasteiger partial charge in [0.2, 0.25) is 0 Å². The van der Waals surface area contributed by atoms with E-state index in [1.165, 1.54) is 14.0 Å². The van der Waals surface area contributed by atoms with Crippen LogP contribution >= 0.6 is 0 Å². The van der Waals surface area contributed by atoms with Crippen molar-refractivity contribution in [2.75, 3.05) is 34.8 Å². The quantitative estimate of drug-likeness (QED) is 0.127. The van der Waals surface area contributed by atoms with Gasteiger partial charge in [-0.2, -0.15) is 0 Å². The van der Waals surface area contributed by atoms with E-state index in [1.807, 2.05) is 50.9 Å². The minimum Gasteiger partial charge on any atom is -0.462 e. The third kappa shape index (κ3) is 15.5. The molecule has 64 heavy (non-hydrogen) atoms. The lowest BCUT2D eigenvalue weighted by Crippen LogP contribution is -2.66. The molecule has 2 saturated heterocycles. The number of esters is 3. The fraction of sp³-hybridized carbons (Fsp3) is 0.771. The zero-order valence-electron chi connectivity index (χ0n) is 40.2. The molecule has 1 aromatic carbocycles. The second-order valence-corrected chi connectivity index (χ2v) is 19.2. The highest BCUT2D eigenvalue weighted by atomic mass is 16.7. The normalized spacial score (nSPS) is 37.5. The summed E-state index contributed by atoms with van der Waals surface area (Å²) in [5.41, 5.74) is -0.351. The summed E-state index contributed by atoms with van der Waals surface area (Å²) in [6.07, 6.45) is -6.54. The highest BCUT2D eigenvalue weighted by molar-refractivity contribution is 5.72. The van der Waals surface area contributed by atoms with Crippen LogP contribution in [0.15, 0.2) is 42.5 Å². The molecular formula is C48H78N2O14. The van der Waals surface area contributed by atoms with Crippen molar-refractivity contribution in [3.8, 4) is 0 Å². The molecule has 4 rings (SSSR count). The van der Waals surface area contributed by atoms with E-state index < -0.39 is 109 Å². The Kier molecular flexibility index (Phi) is 20.6. The number of methoxy groups -OCH3 is 1. The molecule has 3 N–H and O–H groups in total. The molecule has 0 spiro atoms. The van der Waals surface area contributed by atoms with Crippen molar-refractivity contribution in [3.63, 3.8) is 0 Å². The summed E-state index contributed by atoms with van der Waals surface area (Å²) in [4.78, 5) is 42.8. The maximum Gasteiger partial charge on any atom is 0.309 e. The number of aliphatic hydroxyl groups is 3. The number of benzene rings is 1. The molecule has 0 aromatic heterocycles. The van der Waals surface area contributed by atoms with Crippen LogP contribution < -0.4 is 0 Å². The molecule has 364 valence electrons. The SMILES string of the molecule is CO[C@@H]1C(O[C@@H]2O[C@H](C)[C@@H](O[C@H]3C[C@@](C)(O)[C@@H](OC(=O)CC(C)C)[C@H](C)O3)[C@H](N(C)C)[C@H]2O)[C@@H](CCN(C)Cc2ccccc2)C[C@@H](C)[C@@H](O)/C=C/C[C@@H](C)OC(=O)C[C@H]1OC(C)=O. The molecule has 0 radical (unpaired) electrons. The van der Waals surface area contributed by atoms with Crippen LogP contribution in [-0.4, -0.2) is 163 Å². The van der Waals surface area contributed by atoms with Crippen molar-refractivity contribution in [1.29, 1.82) is 0 Å². The lowest BCUT2D eigenvalue weighted by Gasteiger charge is -2.50. The standard InChI is InChI=1S/C48H78N2O14/c1-28(2)23-38(53)62-46-32(6)59-40(26-48(46,8)56)63-43-31(5)60-47(42(55)41(43)49(9)10)64-44-35(21-22-50(11)27-34-18-14-13-15-19-34)24-29(3)36(52)20-16-17-30(4)58-39(54)25-37(45(44)57-12)61-33(7)51/h13-16,18-20,28-32,35-37,40-47,52,55-56H,17,21-27H2,1-12H3/b20-16+/t29-,30-,31-,32+,35+,36+,37-,40+,41-,42-,43-,44?,45+,46+,47+,48-/m1/s1. The van der Waals surface area contributed by atoms with E-state index >= 15 is 0 Å². The number of rotatable bonds is 15. The van der Waals surface area contributed by atoms with Crippen molar-refractivity contribution in [1.82, 2.24) is 9.80 Å². The average molecular weight is 907 g/mol. The molecule has 3 aliphatic heterocycles. The van der Waals surface area contributed by atoms with Gasteiger partial charge in [0.05, 0.1) is 36.9 Å². The van der Waals surface area contributed by atoms with Gasteiger partial charge in [0.1, 0.15) is 36.1 Å². The first-order valence-corrected chi connectivity index (χ1v) is 22.9. The summed E-state index contributed by atoms with van der Waals surface area (Å²) in [6, 6.07) is 9.35. The highest BCUT2D eigenvalue weighted by Gasteiger charge is 2.53. The molecule has 1 unspecified atom stereocenters. The van der Waals surface area contributed by atoms with Gasteiger partial charge in [-0.15, -0.1) is 0 Å². The van der Waals surface area contributed by atoms with Gasteiger partial charge in [0, 0.05) is 39.8 Å². The van der Waals surface area contributed by atoms with E-state index in [9.17, 15) is 29.7 Å². The zero-order chi connectivity index (χ0) is 47.5. The number of carbonyl (C=O) groups excluding carboxylic acids is 3. The molecule has 0 amide bonds. The fourth-order valence-electron chi connectivity index (χ4n) is 9.25. The molecule has 0 bridgehead atoms. The number of cyclic esters (lactones) is 1. The Hall–Kier alpha value is -3.03. The van der Waals surface area contributed by atoms with Gasteiger partial charge in [-0.25, -0.2) is 0 Å². The predicted molar refractivity (Wildman–Crippen MR) is 237 cm³/mol. The molecule has 0 saturated carbocycles. The Morgan fingerprint density at radius 2 is 1.64 bits per heavy atom. The second kappa shape index (κ2) is 24.7. The summed E-state index contributed by atoms with van der Waals surface area (Å²) in [5, 5.41) is 35.3. The van der Waals surface area contributed by atoms with Crippen LogP contribution in [0.3, 0.4) is 0 Å². The summed E-state index contributed by atoms with van der Waals surface area (Å²) in [7, 11) is 7.08. The number of likely N-dealkylation sites (N-methyl/N-ethyl adjacent to an activating group) is 1. The predicted octanol–water partition coefficient (Wildman–Crippen LogP) is 4.39. The topological polar surface area (TPSA) is 192 Å². The molecule has 3 aliphatic rings. The van der Waals surface area contributed by atoms with Gasteiger partial charge >= 0.3 is 17.9 Å². The van der Waals surface area contributed by atoms with E-state index in [0.717, 1.165) is 5.56 Å². The van der Waals surface area contributed by atoms with E-state index in [0.29, 0.717) is 32.4 Å². The van der Waals surface area contributed by atoms with Gasteiger partial charge in [-0.1, -0.05) is 63.3 Å². The third-order valence-corrected chi connectivity index (χ3v) is 12.5. The number of carbonyl (C=O) groups is 3. The first-order valence-electron chi connectivity index (χ1n) is 22.9. The first kappa shape index (κ1) is 53.6. The van der Waals surface area contributed by atoms with Crippen LogP contribution in [0.4, 0.5) is 0 Å². The molecule has 0 aliphatic carbocycles. The van der Waals surface area contributed by atoms with Gasteiger partial charge in [-0.3, -0.25) is 14.4 Å². The highest BCUT2D eigenvalue weighted by Crippen LogP contribution is 2.38. The van der Waals surface area contributed by atoms with Gasteiger partial charge in [0.25, 0.3) is 0 Å². The lowest BCUT2D eigenvalue weighted by molar-refractivity contribution is -0.344. The smallest absolute Gasteiger partial charge is 0.309 e. The Bertz CT molecular complexity index is 1630. The van der Waals surface area contributed by atoms with E-state index in [-0.39, 0.29) is 31.1 Å². The van der Waals surface area contributed by atoms with E-state index in [1.54, 1.807) is 53.9 Å². The van der Waals surface area contributed by atoms with Crippen molar-refractivity contribution in [2.45, 2.75) is 186 Å². The van der Waals surface area contributed by atoms with Crippen molar-refractivity contribution in [2.24, 2.45) is 17.8 Å². The van der Waals surface area contributed by atoms with Crippen LogP contribution in [-0.2, 0) is 58.8 Å². The second-order valence-electron chi connectivity index (χ2n) is 19.2. The van der Waals surface area contributed by atoms with Crippen LogP contribution in [0.5, 0.6) is 0 Å². The fourth-order valence-corrected chi connectivity index (χ4v) is 9.25. The molecule has 16 atom stereocenters. The average Bonchev–Trinajstić information content (AvgIpc) is 3.18. The Morgan fingerprint density at radius 3 is 2.25 bits per heavy atom. The largest absolute Gasteiger partial charge is 0.462 e. The molecule has 3 heterocycles. The summed E-state index contributed by atoms with van der Waals surface area (Å²) in [5.74, 6) is -2.27. The molecule has 16 heteroatoms. The maximum atomic E-state index is 13.5. The van der Waals surface area contributed by atoms with Gasteiger partial charge < -0.3 is 63.0 Å². The Labute approximate surface area is 380 Å². The van der Waals surface area contributed by atoms with E-state index in [2.05, 4.69) is 17.0 Å². The minimum atomic E-state index is -1.49. The lowest BCUT2D eigenvalue weighted by atomic mass is 9.82. The number of aliphatic hydroxyl groups excluding tert-OH is 2. The van der Waals surface area contributed by atoms with Crippen molar-refractivity contribution < 1.29 is 67.6 Å². The summed E-state index contributed by atoms with van der Waals surface area (Å²) < 4.78 is 49.8. The monoisotopic (exact) mass is 907 g/mol. The zero-order valence-corrected chi connectivity index (χ0v) is 40.2. The van der Waals surface area contributed by atoms with Crippen LogP contribution in [0.2, 0.25) is 0 Å². The summed E-state index contributed by atoms with van der Waals surface area (Å²) in [6.45, 7) is 15.2.